The van der Waals surface area contributed by atoms with E-state index in [9.17, 15) is 5.11 Å². The average molecular weight is 340 g/mol. The molecule has 1 aliphatic rings. The van der Waals surface area contributed by atoms with E-state index in [4.69, 9.17) is 4.74 Å². The SMILES string of the molecule is Cc1cccc(OCC(O)CNC2CCN(c3ccccc3)CC2)c1. The Bertz CT molecular complexity index is 639. The maximum atomic E-state index is 10.1. The number of hydrogen-bond acceptors (Lipinski definition) is 4. The maximum Gasteiger partial charge on any atom is 0.119 e. The van der Waals surface area contributed by atoms with Crippen molar-refractivity contribution in [3.05, 3.63) is 60.2 Å². The summed E-state index contributed by atoms with van der Waals surface area (Å²) < 4.78 is 5.67. The van der Waals surface area contributed by atoms with Crippen LogP contribution in [0.25, 0.3) is 0 Å². The van der Waals surface area contributed by atoms with Crippen LogP contribution in [0.1, 0.15) is 18.4 Å². The van der Waals surface area contributed by atoms with Crippen LogP contribution in [0.4, 0.5) is 5.69 Å². The van der Waals surface area contributed by atoms with Gasteiger partial charge >= 0.3 is 0 Å². The summed E-state index contributed by atoms with van der Waals surface area (Å²) in [5.74, 6) is 0.815. The second kappa shape index (κ2) is 8.88. The molecule has 2 N–H and O–H groups in total. The summed E-state index contributed by atoms with van der Waals surface area (Å²) in [6.07, 6.45) is 1.70. The molecule has 0 spiro atoms. The van der Waals surface area contributed by atoms with Crippen LogP contribution in [0.15, 0.2) is 54.6 Å². The first-order valence-corrected chi connectivity index (χ1v) is 9.11. The van der Waals surface area contributed by atoms with E-state index in [1.54, 1.807) is 0 Å². The topological polar surface area (TPSA) is 44.7 Å². The van der Waals surface area contributed by atoms with Crippen molar-refractivity contribution in [3.63, 3.8) is 0 Å². The smallest absolute Gasteiger partial charge is 0.119 e. The first kappa shape index (κ1) is 17.8. The fraction of sp³-hybridized carbons (Fsp3) is 0.429. The molecule has 1 fully saturated rings. The largest absolute Gasteiger partial charge is 0.491 e. The highest BCUT2D eigenvalue weighted by molar-refractivity contribution is 5.46. The molecule has 1 atom stereocenters. The van der Waals surface area contributed by atoms with Gasteiger partial charge in [0.1, 0.15) is 18.5 Å². The van der Waals surface area contributed by atoms with Gasteiger partial charge in [-0.1, -0.05) is 30.3 Å². The molecule has 1 aliphatic heterocycles. The number of ether oxygens (including phenoxy) is 1. The van der Waals surface area contributed by atoms with E-state index in [2.05, 4.69) is 40.5 Å². The van der Waals surface area contributed by atoms with Gasteiger partial charge in [-0.25, -0.2) is 0 Å². The van der Waals surface area contributed by atoms with Crippen molar-refractivity contribution < 1.29 is 9.84 Å². The molecule has 0 saturated carbocycles. The Morgan fingerprint density at radius 3 is 2.60 bits per heavy atom. The molecule has 2 aromatic rings. The van der Waals surface area contributed by atoms with E-state index in [0.717, 1.165) is 37.2 Å². The van der Waals surface area contributed by atoms with Gasteiger partial charge < -0.3 is 20.1 Å². The van der Waals surface area contributed by atoms with Crippen LogP contribution in [0.5, 0.6) is 5.75 Å². The van der Waals surface area contributed by atoms with Crippen LogP contribution >= 0.6 is 0 Å². The maximum absolute atomic E-state index is 10.1. The van der Waals surface area contributed by atoms with Crippen LogP contribution in [-0.4, -0.2) is 43.5 Å². The van der Waals surface area contributed by atoms with Gasteiger partial charge in [0.25, 0.3) is 0 Å². The number of piperidine rings is 1. The first-order valence-electron chi connectivity index (χ1n) is 9.11. The monoisotopic (exact) mass is 340 g/mol. The molecular formula is C21H28N2O2. The van der Waals surface area contributed by atoms with Gasteiger partial charge in [0.05, 0.1) is 0 Å². The lowest BCUT2D eigenvalue weighted by atomic mass is 10.0. The summed E-state index contributed by atoms with van der Waals surface area (Å²) >= 11 is 0. The number of benzene rings is 2. The molecule has 0 radical (unpaired) electrons. The Morgan fingerprint density at radius 1 is 1.12 bits per heavy atom. The molecule has 0 amide bonds. The zero-order chi connectivity index (χ0) is 17.5. The van der Waals surface area contributed by atoms with Gasteiger partial charge in [-0.2, -0.15) is 0 Å². The van der Waals surface area contributed by atoms with E-state index in [1.807, 2.05) is 31.2 Å². The van der Waals surface area contributed by atoms with E-state index in [0.29, 0.717) is 19.2 Å². The molecule has 1 heterocycles. The minimum absolute atomic E-state index is 0.319. The quantitative estimate of drug-likeness (QED) is 0.813. The van der Waals surface area contributed by atoms with Crippen molar-refractivity contribution in [1.82, 2.24) is 5.32 Å². The van der Waals surface area contributed by atoms with Crippen LogP contribution in [0.2, 0.25) is 0 Å². The van der Waals surface area contributed by atoms with E-state index in [1.165, 1.54) is 5.69 Å². The minimum atomic E-state index is -0.493. The predicted molar refractivity (Wildman–Crippen MR) is 102 cm³/mol. The van der Waals surface area contributed by atoms with Gasteiger partial charge in [-0.3, -0.25) is 0 Å². The number of nitrogens with one attached hydrogen (secondary N) is 1. The zero-order valence-electron chi connectivity index (χ0n) is 14.9. The number of aliphatic hydroxyl groups is 1. The van der Waals surface area contributed by atoms with Crippen molar-refractivity contribution >= 4 is 5.69 Å². The van der Waals surface area contributed by atoms with Gasteiger partial charge in [-0.05, 0) is 49.6 Å². The zero-order valence-corrected chi connectivity index (χ0v) is 14.9. The van der Waals surface area contributed by atoms with Crippen LogP contribution in [-0.2, 0) is 0 Å². The third kappa shape index (κ3) is 5.48. The Hall–Kier alpha value is -2.04. The average Bonchev–Trinajstić information content (AvgIpc) is 2.66. The van der Waals surface area contributed by atoms with Gasteiger partial charge in [0.15, 0.2) is 0 Å². The third-order valence-electron chi connectivity index (χ3n) is 4.69. The number of hydrogen-bond donors (Lipinski definition) is 2. The van der Waals surface area contributed by atoms with Crippen LogP contribution < -0.4 is 15.0 Å². The van der Waals surface area contributed by atoms with Crippen molar-refractivity contribution in [3.8, 4) is 5.75 Å². The van der Waals surface area contributed by atoms with Gasteiger partial charge in [-0.15, -0.1) is 0 Å². The van der Waals surface area contributed by atoms with Crippen molar-refractivity contribution in [2.24, 2.45) is 0 Å². The number of aliphatic hydroxyl groups excluding tert-OH is 1. The highest BCUT2D eigenvalue weighted by Gasteiger charge is 2.19. The lowest BCUT2D eigenvalue weighted by molar-refractivity contribution is 0.102. The summed E-state index contributed by atoms with van der Waals surface area (Å²) in [6, 6.07) is 18.9. The summed E-state index contributed by atoms with van der Waals surface area (Å²) in [5.41, 5.74) is 2.46. The number of anilines is 1. The molecule has 134 valence electrons. The summed E-state index contributed by atoms with van der Waals surface area (Å²) in [5, 5.41) is 13.6. The van der Waals surface area contributed by atoms with Crippen molar-refractivity contribution in [2.75, 3.05) is 31.1 Å². The number of rotatable bonds is 7. The van der Waals surface area contributed by atoms with Crippen LogP contribution in [0, 0.1) is 6.92 Å². The van der Waals surface area contributed by atoms with Crippen molar-refractivity contribution in [1.29, 1.82) is 0 Å². The number of aryl methyl sites for hydroxylation is 1. The van der Waals surface area contributed by atoms with E-state index >= 15 is 0 Å². The number of nitrogens with zero attached hydrogens (tertiary/aromatic N) is 1. The molecule has 0 aliphatic carbocycles. The molecule has 0 aromatic heterocycles. The normalized spacial score (nSPS) is 16.6. The fourth-order valence-electron chi connectivity index (χ4n) is 3.24. The summed E-state index contributed by atoms with van der Waals surface area (Å²) in [7, 11) is 0. The minimum Gasteiger partial charge on any atom is -0.491 e. The molecule has 0 bridgehead atoms. The lowest BCUT2D eigenvalue weighted by Crippen LogP contribution is -2.45. The van der Waals surface area contributed by atoms with Crippen LogP contribution in [0.3, 0.4) is 0 Å². The van der Waals surface area contributed by atoms with E-state index < -0.39 is 6.10 Å². The van der Waals surface area contributed by atoms with E-state index in [-0.39, 0.29) is 0 Å². The molecule has 1 saturated heterocycles. The fourth-order valence-corrected chi connectivity index (χ4v) is 3.24. The summed E-state index contributed by atoms with van der Waals surface area (Å²) in [4.78, 5) is 2.43. The highest BCUT2D eigenvalue weighted by Crippen LogP contribution is 2.19. The molecule has 25 heavy (non-hydrogen) atoms. The summed E-state index contributed by atoms with van der Waals surface area (Å²) in [6.45, 7) is 5.03. The molecular weight excluding hydrogens is 312 g/mol. The second-order valence-electron chi connectivity index (χ2n) is 6.79. The standard InChI is InChI=1S/C21H28N2O2/c1-17-6-5-9-21(14-17)25-16-20(24)15-22-18-10-12-23(13-11-18)19-7-3-2-4-8-19/h2-9,14,18,20,22,24H,10-13,15-16H2,1H3. The Morgan fingerprint density at radius 2 is 1.88 bits per heavy atom. The lowest BCUT2D eigenvalue weighted by Gasteiger charge is -2.34. The molecule has 4 heteroatoms. The Kier molecular flexibility index (Phi) is 6.31. The highest BCUT2D eigenvalue weighted by atomic mass is 16.5. The first-order chi connectivity index (χ1) is 12.2. The van der Waals surface area contributed by atoms with Gasteiger partial charge in [0, 0.05) is 31.4 Å². The molecule has 2 aromatic carbocycles. The predicted octanol–water partition coefficient (Wildman–Crippen LogP) is 2.99. The number of para-hydroxylation sites is 1. The third-order valence-corrected chi connectivity index (χ3v) is 4.69. The second-order valence-corrected chi connectivity index (χ2v) is 6.79. The molecule has 4 nitrogen and oxygen atoms in total. The molecule has 3 rings (SSSR count). The van der Waals surface area contributed by atoms with Gasteiger partial charge in [0.2, 0.25) is 0 Å². The van der Waals surface area contributed by atoms with Crippen molar-refractivity contribution in [2.45, 2.75) is 31.9 Å². The molecule has 1 unspecified atom stereocenters. The Labute approximate surface area is 150 Å². The Balaban J connectivity index is 1.35.